The van der Waals surface area contributed by atoms with E-state index in [1.165, 1.54) is 0 Å². The van der Waals surface area contributed by atoms with Gasteiger partial charge in [-0.05, 0) is 24.6 Å². The summed E-state index contributed by atoms with van der Waals surface area (Å²) in [4.78, 5) is 6.55. The van der Waals surface area contributed by atoms with Gasteiger partial charge in [-0.25, -0.2) is 4.98 Å². The SMILES string of the molecule is Cn1ccnc1C1CCN(c2nnc(-c3cccc(Cl)c3)o2)C1. The van der Waals surface area contributed by atoms with Crippen LogP contribution in [0.5, 0.6) is 0 Å². The zero-order chi connectivity index (χ0) is 15.8. The first kappa shape index (κ1) is 14.3. The van der Waals surface area contributed by atoms with Crippen LogP contribution in [-0.4, -0.2) is 32.8 Å². The number of nitrogens with zero attached hydrogens (tertiary/aromatic N) is 5. The predicted molar refractivity (Wildman–Crippen MR) is 87.5 cm³/mol. The molecular formula is C16H16ClN5O. The summed E-state index contributed by atoms with van der Waals surface area (Å²) in [6, 6.07) is 7.97. The fourth-order valence-corrected chi connectivity index (χ4v) is 3.19. The maximum Gasteiger partial charge on any atom is 0.318 e. The van der Waals surface area contributed by atoms with Crippen molar-refractivity contribution in [3.8, 4) is 11.5 Å². The molecule has 0 N–H and O–H groups in total. The van der Waals surface area contributed by atoms with E-state index in [1.54, 1.807) is 0 Å². The van der Waals surface area contributed by atoms with Crippen molar-refractivity contribution in [1.82, 2.24) is 19.7 Å². The van der Waals surface area contributed by atoms with Crippen LogP contribution >= 0.6 is 11.6 Å². The van der Waals surface area contributed by atoms with Crippen molar-refractivity contribution < 1.29 is 4.42 Å². The van der Waals surface area contributed by atoms with Gasteiger partial charge in [-0.3, -0.25) is 0 Å². The highest BCUT2D eigenvalue weighted by Crippen LogP contribution is 2.31. The number of imidazole rings is 1. The predicted octanol–water partition coefficient (Wildman–Crippen LogP) is 3.12. The second-order valence-electron chi connectivity index (χ2n) is 5.73. The Morgan fingerprint density at radius 2 is 2.22 bits per heavy atom. The van der Waals surface area contributed by atoms with E-state index in [4.69, 9.17) is 16.0 Å². The molecule has 0 spiro atoms. The molecule has 1 atom stereocenters. The lowest BCUT2D eigenvalue weighted by Gasteiger charge is -2.13. The third-order valence-corrected chi connectivity index (χ3v) is 4.40. The fraction of sp³-hybridized carbons (Fsp3) is 0.312. The Labute approximate surface area is 138 Å². The van der Waals surface area contributed by atoms with Crippen LogP contribution in [0.25, 0.3) is 11.5 Å². The number of aromatic nitrogens is 4. The van der Waals surface area contributed by atoms with Crippen LogP contribution in [0.4, 0.5) is 6.01 Å². The van der Waals surface area contributed by atoms with Crippen molar-refractivity contribution in [3.05, 3.63) is 47.5 Å². The number of hydrogen-bond donors (Lipinski definition) is 0. The minimum absolute atomic E-state index is 0.386. The molecule has 23 heavy (non-hydrogen) atoms. The lowest BCUT2D eigenvalue weighted by Crippen LogP contribution is -2.20. The van der Waals surface area contributed by atoms with Gasteiger partial charge in [0, 0.05) is 49.0 Å². The fourth-order valence-electron chi connectivity index (χ4n) is 3.00. The van der Waals surface area contributed by atoms with Crippen molar-refractivity contribution in [2.24, 2.45) is 7.05 Å². The largest absolute Gasteiger partial charge is 0.403 e. The number of aryl methyl sites for hydroxylation is 1. The summed E-state index contributed by atoms with van der Waals surface area (Å²) in [5.74, 6) is 1.97. The molecular weight excluding hydrogens is 314 g/mol. The topological polar surface area (TPSA) is 60.0 Å². The standard InChI is InChI=1S/C16H16ClN5O/c1-21-8-6-18-14(21)12-5-7-22(10-12)16-20-19-15(23-16)11-3-2-4-13(17)9-11/h2-4,6,8-9,12H,5,7,10H2,1H3. The average molecular weight is 330 g/mol. The number of anilines is 1. The van der Waals surface area contributed by atoms with Gasteiger partial charge in [-0.2, -0.15) is 0 Å². The van der Waals surface area contributed by atoms with Crippen LogP contribution in [0.2, 0.25) is 5.02 Å². The van der Waals surface area contributed by atoms with Gasteiger partial charge in [-0.15, -0.1) is 5.10 Å². The molecule has 1 fully saturated rings. The number of hydrogen-bond acceptors (Lipinski definition) is 5. The molecule has 0 bridgehead atoms. The van der Waals surface area contributed by atoms with Crippen LogP contribution in [0, 0.1) is 0 Å². The maximum absolute atomic E-state index is 6.01. The van der Waals surface area contributed by atoms with E-state index in [-0.39, 0.29) is 0 Å². The van der Waals surface area contributed by atoms with Gasteiger partial charge in [0.2, 0.25) is 5.89 Å². The molecule has 1 aliphatic heterocycles. The molecule has 6 nitrogen and oxygen atoms in total. The van der Waals surface area contributed by atoms with E-state index in [2.05, 4.69) is 24.6 Å². The highest BCUT2D eigenvalue weighted by Gasteiger charge is 2.29. The van der Waals surface area contributed by atoms with Gasteiger partial charge in [0.15, 0.2) is 0 Å². The molecule has 2 aromatic heterocycles. The zero-order valence-electron chi connectivity index (χ0n) is 12.7. The average Bonchev–Trinajstić information content (AvgIpc) is 3.26. The van der Waals surface area contributed by atoms with Crippen molar-refractivity contribution >= 4 is 17.6 Å². The molecule has 1 aromatic carbocycles. The van der Waals surface area contributed by atoms with E-state index in [0.29, 0.717) is 22.8 Å². The first-order chi connectivity index (χ1) is 11.2. The molecule has 0 aliphatic carbocycles. The van der Waals surface area contributed by atoms with Gasteiger partial charge in [0.25, 0.3) is 0 Å². The van der Waals surface area contributed by atoms with Crippen molar-refractivity contribution in [3.63, 3.8) is 0 Å². The molecule has 0 saturated carbocycles. The third-order valence-electron chi connectivity index (χ3n) is 4.17. The van der Waals surface area contributed by atoms with Crippen molar-refractivity contribution in [1.29, 1.82) is 0 Å². The van der Waals surface area contributed by atoms with E-state index in [0.717, 1.165) is 30.9 Å². The van der Waals surface area contributed by atoms with Gasteiger partial charge in [0.05, 0.1) is 0 Å². The lowest BCUT2D eigenvalue weighted by atomic mass is 10.1. The van der Waals surface area contributed by atoms with E-state index >= 15 is 0 Å². The third kappa shape index (κ3) is 2.70. The maximum atomic E-state index is 6.01. The van der Waals surface area contributed by atoms with Crippen LogP contribution in [0.15, 0.2) is 41.1 Å². The molecule has 3 aromatic rings. The summed E-state index contributed by atoms with van der Waals surface area (Å²) in [6.45, 7) is 1.72. The molecule has 1 unspecified atom stereocenters. The minimum Gasteiger partial charge on any atom is -0.403 e. The normalized spacial score (nSPS) is 17.8. The monoisotopic (exact) mass is 329 g/mol. The molecule has 7 heteroatoms. The Morgan fingerprint density at radius 1 is 1.30 bits per heavy atom. The zero-order valence-corrected chi connectivity index (χ0v) is 13.4. The number of rotatable bonds is 3. The van der Waals surface area contributed by atoms with Crippen LogP contribution < -0.4 is 4.90 Å². The summed E-state index contributed by atoms with van der Waals surface area (Å²) >= 11 is 6.01. The Kier molecular flexibility index (Phi) is 3.53. The summed E-state index contributed by atoms with van der Waals surface area (Å²) in [5.41, 5.74) is 0.830. The number of halogens is 1. The first-order valence-corrected chi connectivity index (χ1v) is 7.90. The van der Waals surface area contributed by atoms with Crippen molar-refractivity contribution in [2.45, 2.75) is 12.3 Å². The van der Waals surface area contributed by atoms with Gasteiger partial charge in [0.1, 0.15) is 5.82 Å². The summed E-state index contributed by atoms with van der Waals surface area (Å²) in [6.07, 6.45) is 4.84. The molecule has 4 rings (SSSR count). The molecule has 0 amide bonds. The Morgan fingerprint density at radius 3 is 3.00 bits per heavy atom. The molecule has 1 saturated heterocycles. The quantitative estimate of drug-likeness (QED) is 0.739. The molecule has 118 valence electrons. The molecule has 0 radical (unpaired) electrons. The Hall–Kier alpha value is -2.34. The molecule has 3 heterocycles. The van der Waals surface area contributed by atoms with Gasteiger partial charge in [-0.1, -0.05) is 22.8 Å². The van der Waals surface area contributed by atoms with E-state index < -0.39 is 0 Å². The summed E-state index contributed by atoms with van der Waals surface area (Å²) in [5, 5.41) is 8.97. The van der Waals surface area contributed by atoms with Crippen LogP contribution in [-0.2, 0) is 7.05 Å². The van der Waals surface area contributed by atoms with E-state index in [9.17, 15) is 0 Å². The van der Waals surface area contributed by atoms with E-state index in [1.807, 2.05) is 43.7 Å². The lowest BCUT2D eigenvalue weighted by molar-refractivity contribution is 0.555. The van der Waals surface area contributed by atoms with Crippen LogP contribution in [0.1, 0.15) is 18.2 Å². The first-order valence-electron chi connectivity index (χ1n) is 7.52. The van der Waals surface area contributed by atoms with Crippen molar-refractivity contribution in [2.75, 3.05) is 18.0 Å². The second kappa shape index (κ2) is 5.70. The number of benzene rings is 1. The highest BCUT2D eigenvalue weighted by molar-refractivity contribution is 6.30. The van der Waals surface area contributed by atoms with Gasteiger partial charge >= 0.3 is 6.01 Å². The summed E-state index contributed by atoms with van der Waals surface area (Å²) in [7, 11) is 2.02. The second-order valence-corrected chi connectivity index (χ2v) is 6.16. The molecule has 1 aliphatic rings. The highest BCUT2D eigenvalue weighted by atomic mass is 35.5. The van der Waals surface area contributed by atoms with Crippen LogP contribution in [0.3, 0.4) is 0 Å². The Balaban J connectivity index is 1.53. The minimum atomic E-state index is 0.386. The smallest absolute Gasteiger partial charge is 0.318 e. The van der Waals surface area contributed by atoms with Gasteiger partial charge < -0.3 is 13.9 Å². The summed E-state index contributed by atoms with van der Waals surface area (Å²) < 4.78 is 7.89. The Bertz CT molecular complexity index is 827.